The van der Waals surface area contributed by atoms with Crippen LogP contribution in [-0.4, -0.2) is 62.1 Å². The average molecular weight is 515 g/mol. The van der Waals surface area contributed by atoms with Crippen molar-refractivity contribution in [1.82, 2.24) is 29.8 Å². The van der Waals surface area contributed by atoms with Crippen molar-refractivity contribution in [2.24, 2.45) is 7.05 Å². The molecule has 0 bridgehead atoms. The minimum atomic E-state index is -0.802. The van der Waals surface area contributed by atoms with E-state index in [1.807, 2.05) is 73.3 Å². The van der Waals surface area contributed by atoms with Gasteiger partial charge in [-0.05, 0) is 56.0 Å². The standard InChI is InChI=1S/C29H34N6O3/c1-21-8-5-9-22(18-21)14-16-34(27(36)20-35-25-12-4-3-11-24(25)31-32-35)28(26-13-6-15-33(26)2)29(37)30-19-23-10-7-17-38-23/h3-6,8-9,11-13,15,18,23,28H,7,10,14,16-17,19-20H2,1-2H3,(H,30,37)/t23-,28-/m1/s1. The van der Waals surface area contributed by atoms with E-state index in [0.29, 0.717) is 19.5 Å². The number of aromatic nitrogens is 4. The molecule has 4 aromatic rings. The van der Waals surface area contributed by atoms with Gasteiger partial charge in [0.15, 0.2) is 6.04 Å². The molecule has 0 unspecified atom stereocenters. The molecular formula is C29H34N6O3. The van der Waals surface area contributed by atoms with E-state index < -0.39 is 6.04 Å². The molecule has 9 nitrogen and oxygen atoms in total. The molecular weight excluding hydrogens is 480 g/mol. The maximum atomic E-state index is 14.0. The first-order chi connectivity index (χ1) is 18.5. The topological polar surface area (TPSA) is 94.3 Å². The lowest BCUT2D eigenvalue weighted by molar-refractivity contribution is -0.141. The van der Waals surface area contributed by atoms with Gasteiger partial charge in [-0.1, -0.05) is 47.2 Å². The lowest BCUT2D eigenvalue weighted by atomic mass is 10.1. The van der Waals surface area contributed by atoms with Crippen molar-refractivity contribution in [2.45, 2.75) is 44.9 Å². The van der Waals surface area contributed by atoms with E-state index >= 15 is 0 Å². The number of rotatable bonds is 10. The maximum absolute atomic E-state index is 14.0. The van der Waals surface area contributed by atoms with E-state index in [4.69, 9.17) is 4.74 Å². The van der Waals surface area contributed by atoms with Gasteiger partial charge >= 0.3 is 0 Å². The fourth-order valence-corrected chi connectivity index (χ4v) is 5.08. The summed E-state index contributed by atoms with van der Waals surface area (Å²) >= 11 is 0. The Morgan fingerprint density at radius 2 is 2.03 bits per heavy atom. The molecule has 2 atom stereocenters. The zero-order chi connectivity index (χ0) is 26.5. The molecule has 1 aliphatic rings. The summed E-state index contributed by atoms with van der Waals surface area (Å²) in [7, 11) is 1.89. The van der Waals surface area contributed by atoms with Crippen LogP contribution < -0.4 is 5.32 Å². The highest BCUT2D eigenvalue weighted by Crippen LogP contribution is 2.24. The van der Waals surface area contributed by atoms with Crippen molar-refractivity contribution in [2.75, 3.05) is 19.7 Å². The molecule has 2 aromatic heterocycles. The Labute approximate surface area is 222 Å². The number of carbonyl (C=O) groups is 2. The lowest BCUT2D eigenvalue weighted by Crippen LogP contribution is -2.47. The number of nitrogens with zero attached hydrogens (tertiary/aromatic N) is 5. The molecule has 0 radical (unpaired) electrons. The molecule has 38 heavy (non-hydrogen) atoms. The summed E-state index contributed by atoms with van der Waals surface area (Å²) in [5, 5.41) is 11.5. The van der Waals surface area contributed by atoms with Crippen LogP contribution in [0.4, 0.5) is 0 Å². The van der Waals surface area contributed by atoms with Gasteiger partial charge in [0.1, 0.15) is 12.1 Å². The predicted octanol–water partition coefficient (Wildman–Crippen LogP) is 3.19. The number of ether oxygens (including phenoxy) is 1. The third kappa shape index (κ3) is 5.78. The molecule has 1 saturated heterocycles. The fraction of sp³-hybridized carbons (Fsp3) is 0.379. The minimum absolute atomic E-state index is 0.00553. The van der Waals surface area contributed by atoms with Gasteiger partial charge in [-0.15, -0.1) is 5.10 Å². The Morgan fingerprint density at radius 1 is 1.16 bits per heavy atom. The van der Waals surface area contributed by atoms with Gasteiger partial charge in [0.05, 0.1) is 11.6 Å². The van der Waals surface area contributed by atoms with Crippen molar-refractivity contribution >= 4 is 22.8 Å². The summed E-state index contributed by atoms with van der Waals surface area (Å²) in [6, 6.07) is 18.8. The van der Waals surface area contributed by atoms with Crippen molar-refractivity contribution in [3.63, 3.8) is 0 Å². The van der Waals surface area contributed by atoms with Crippen LogP contribution in [0.5, 0.6) is 0 Å². The smallest absolute Gasteiger partial charge is 0.249 e. The van der Waals surface area contributed by atoms with Crippen LogP contribution in [0.3, 0.4) is 0 Å². The highest BCUT2D eigenvalue weighted by molar-refractivity contribution is 5.89. The van der Waals surface area contributed by atoms with Gasteiger partial charge in [0.25, 0.3) is 0 Å². The number of carbonyl (C=O) groups excluding carboxylic acids is 2. The largest absolute Gasteiger partial charge is 0.376 e. The number of fused-ring (bicyclic) bond motifs is 1. The summed E-state index contributed by atoms with van der Waals surface area (Å²) < 4.78 is 9.21. The number of para-hydroxylation sites is 1. The second kappa shape index (κ2) is 11.6. The fourth-order valence-electron chi connectivity index (χ4n) is 5.08. The van der Waals surface area contributed by atoms with Crippen LogP contribution in [0.25, 0.3) is 11.0 Å². The number of benzene rings is 2. The second-order valence-electron chi connectivity index (χ2n) is 9.89. The molecule has 2 aromatic carbocycles. The highest BCUT2D eigenvalue weighted by Gasteiger charge is 2.34. The second-order valence-corrected chi connectivity index (χ2v) is 9.89. The number of hydrogen-bond acceptors (Lipinski definition) is 5. The SMILES string of the molecule is Cc1cccc(CCN(C(=O)Cn2nnc3ccccc32)[C@@H](C(=O)NC[C@H]2CCCO2)c2cccn2C)c1. The highest BCUT2D eigenvalue weighted by atomic mass is 16.5. The summed E-state index contributed by atoms with van der Waals surface area (Å²) in [6.45, 7) is 3.54. The van der Waals surface area contributed by atoms with Gasteiger partial charge in [-0.25, -0.2) is 4.68 Å². The lowest BCUT2D eigenvalue weighted by Gasteiger charge is -2.32. The Bertz CT molecular complexity index is 1400. The van der Waals surface area contributed by atoms with Crippen molar-refractivity contribution in [3.05, 3.63) is 83.7 Å². The summed E-state index contributed by atoms with van der Waals surface area (Å²) in [5.41, 5.74) is 4.51. The normalized spacial score (nSPS) is 16.0. The molecule has 0 aliphatic carbocycles. The van der Waals surface area contributed by atoms with Crippen molar-refractivity contribution < 1.29 is 14.3 Å². The Hall–Kier alpha value is -3.98. The first kappa shape index (κ1) is 25.7. The van der Waals surface area contributed by atoms with E-state index in [-0.39, 0.29) is 24.5 Å². The van der Waals surface area contributed by atoms with Crippen LogP contribution in [0, 0.1) is 6.92 Å². The van der Waals surface area contributed by atoms with E-state index in [2.05, 4.69) is 27.8 Å². The monoisotopic (exact) mass is 514 g/mol. The van der Waals surface area contributed by atoms with Crippen LogP contribution in [0.15, 0.2) is 66.9 Å². The van der Waals surface area contributed by atoms with Gasteiger partial charge in [0, 0.05) is 38.6 Å². The van der Waals surface area contributed by atoms with Gasteiger partial charge in [-0.2, -0.15) is 0 Å². The molecule has 1 aliphatic heterocycles. The molecule has 5 rings (SSSR count). The summed E-state index contributed by atoms with van der Waals surface area (Å²) in [6.07, 6.45) is 4.43. The molecule has 198 valence electrons. The first-order valence-corrected chi connectivity index (χ1v) is 13.1. The maximum Gasteiger partial charge on any atom is 0.249 e. The van der Waals surface area contributed by atoms with Crippen LogP contribution >= 0.6 is 0 Å². The summed E-state index contributed by atoms with van der Waals surface area (Å²) in [5.74, 6) is -0.421. The van der Waals surface area contributed by atoms with Crippen molar-refractivity contribution in [1.29, 1.82) is 0 Å². The molecule has 9 heteroatoms. The minimum Gasteiger partial charge on any atom is -0.376 e. The van der Waals surface area contributed by atoms with Crippen molar-refractivity contribution in [3.8, 4) is 0 Å². The van der Waals surface area contributed by atoms with Gasteiger partial charge < -0.3 is 19.5 Å². The Balaban J connectivity index is 1.45. The summed E-state index contributed by atoms with van der Waals surface area (Å²) in [4.78, 5) is 29.4. The third-order valence-electron chi connectivity index (χ3n) is 7.10. The molecule has 0 saturated carbocycles. The quantitative estimate of drug-likeness (QED) is 0.351. The molecule has 0 spiro atoms. The molecule has 2 amide bonds. The number of aryl methyl sites for hydroxylation is 2. The van der Waals surface area contributed by atoms with E-state index in [1.54, 1.807) is 9.58 Å². The molecule has 3 heterocycles. The van der Waals surface area contributed by atoms with Crippen LogP contribution in [-0.2, 0) is 34.3 Å². The predicted molar refractivity (Wildman–Crippen MR) is 144 cm³/mol. The molecule has 1 fully saturated rings. The number of amides is 2. The number of hydrogen-bond donors (Lipinski definition) is 1. The van der Waals surface area contributed by atoms with Gasteiger partial charge in [-0.3, -0.25) is 9.59 Å². The van der Waals surface area contributed by atoms with Crippen LogP contribution in [0.1, 0.15) is 35.7 Å². The van der Waals surface area contributed by atoms with E-state index in [0.717, 1.165) is 47.3 Å². The zero-order valence-corrected chi connectivity index (χ0v) is 21.9. The Morgan fingerprint density at radius 3 is 2.79 bits per heavy atom. The zero-order valence-electron chi connectivity index (χ0n) is 21.9. The van der Waals surface area contributed by atoms with E-state index in [9.17, 15) is 9.59 Å². The van der Waals surface area contributed by atoms with Gasteiger partial charge in [0.2, 0.25) is 11.8 Å². The van der Waals surface area contributed by atoms with E-state index in [1.165, 1.54) is 0 Å². The average Bonchev–Trinajstić information content (AvgIpc) is 3.67. The molecule has 1 N–H and O–H groups in total. The number of nitrogens with one attached hydrogen (secondary N) is 1. The first-order valence-electron chi connectivity index (χ1n) is 13.1. The Kier molecular flexibility index (Phi) is 7.83. The van der Waals surface area contributed by atoms with Crippen LogP contribution in [0.2, 0.25) is 0 Å². The third-order valence-corrected chi connectivity index (χ3v) is 7.10.